The highest BCUT2D eigenvalue weighted by Gasteiger charge is 2.15. The Morgan fingerprint density at radius 3 is 1.96 bits per heavy atom. The van der Waals surface area contributed by atoms with Crippen LogP contribution in [0.1, 0.15) is 11.3 Å². The van der Waals surface area contributed by atoms with E-state index in [0.29, 0.717) is 0 Å². The molecule has 3 heterocycles. The maximum Gasteiger partial charge on any atom is 0.143 e. The predicted octanol–water partition coefficient (Wildman–Crippen LogP) is 13.2. The van der Waals surface area contributed by atoms with E-state index >= 15 is 0 Å². The second-order valence-corrected chi connectivity index (χ2v) is 13.2. The lowest BCUT2D eigenvalue weighted by Gasteiger charge is -2.10. The molecule has 244 valence electrons. The van der Waals surface area contributed by atoms with Gasteiger partial charge in [0.15, 0.2) is 0 Å². The van der Waals surface area contributed by atoms with Gasteiger partial charge in [0.05, 0.1) is 22.4 Å². The van der Waals surface area contributed by atoms with Crippen molar-refractivity contribution in [3.05, 3.63) is 193 Å². The summed E-state index contributed by atoms with van der Waals surface area (Å²) in [6.07, 6.45) is 4.30. The normalized spacial score (nSPS) is 11.8. The van der Waals surface area contributed by atoms with Crippen molar-refractivity contribution in [3.63, 3.8) is 0 Å². The van der Waals surface area contributed by atoms with E-state index in [0.717, 1.165) is 66.8 Å². The summed E-state index contributed by atoms with van der Waals surface area (Å²) in [6, 6.07) is 64.1. The lowest BCUT2D eigenvalue weighted by Crippen LogP contribution is -1.93. The number of nitrogens with zero attached hydrogens (tertiary/aromatic N) is 2. The Hall–Kier alpha value is -6.97. The first-order valence-electron chi connectivity index (χ1n) is 17.6. The minimum atomic E-state index is 0.912. The lowest BCUT2D eigenvalue weighted by molar-refractivity contribution is 0.670. The van der Waals surface area contributed by atoms with E-state index in [1.54, 1.807) is 0 Å². The minimum absolute atomic E-state index is 0.912. The molecule has 0 bridgehead atoms. The molecule has 3 heteroatoms. The number of hydrogen-bond donors (Lipinski definition) is 0. The molecule has 52 heavy (non-hydrogen) atoms. The molecule has 0 amide bonds. The minimum Gasteiger partial charge on any atom is -0.455 e. The third-order valence-corrected chi connectivity index (χ3v) is 10.0. The molecule has 0 atom stereocenters. The fourth-order valence-corrected chi connectivity index (χ4v) is 7.51. The van der Waals surface area contributed by atoms with Crippen LogP contribution in [0.4, 0.5) is 0 Å². The second kappa shape index (κ2) is 12.4. The van der Waals surface area contributed by atoms with Gasteiger partial charge in [-0.15, -0.1) is 0 Å². The molecule has 3 aromatic heterocycles. The number of rotatable bonds is 6. The SMILES string of the molecule is C(=Cc1cc(-c2ccccc2)cc(-c2ccccc2)n1)c1ccc2c(c1)c1ccccc1n2-c1ccc(-c2cccc3c2oc2ccccc23)cc1. The zero-order valence-electron chi connectivity index (χ0n) is 28.3. The number of fused-ring (bicyclic) bond motifs is 6. The van der Waals surface area contributed by atoms with E-state index in [4.69, 9.17) is 9.40 Å². The van der Waals surface area contributed by atoms with Crippen LogP contribution in [0.25, 0.3) is 95.1 Å². The van der Waals surface area contributed by atoms with Crippen LogP contribution in [-0.2, 0) is 0 Å². The van der Waals surface area contributed by atoms with Gasteiger partial charge in [0.2, 0.25) is 0 Å². The van der Waals surface area contributed by atoms with E-state index < -0.39 is 0 Å². The third kappa shape index (κ3) is 5.19. The second-order valence-electron chi connectivity index (χ2n) is 13.2. The van der Waals surface area contributed by atoms with Gasteiger partial charge in [0.25, 0.3) is 0 Å². The average molecular weight is 665 g/mol. The Kier molecular flexibility index (Phi) is 7.14. The molecule has 0 unspecified atom stereocenters. The Balaban J connectivity index is 1.03. The zero-order valence-corrected chi connectivity index (χ0v) is 28.3. The summed E-state index contributed by atoms with van der Waals surface area (Å²) in [5.74, 6) is 0. The summed E-state index contributed by atoms with van der Waals surface area (Å²) < 4.78 is 8.71. The molecule has 0 spiro atoms. The largest absolute Gasteiger partial charge is 0.455 e. The highest BCUT2D eigenvalue weighted by atomic mass is 16.3. The molecule has 0 aliphatic rings. The number of para-hydroxylation sites is 3. The van der Waals surface area contributed by atoms with Crippen LogP contribution in [0.5, 0.6) is 0 Å². The molecule has 10 rings (SSSR count). The van der Waals surface area contributed by atoms with Crippen LogP contribution in [0, 0.1) is 0 Å². The molecule has 0 radical (unpaired) electrons. The van der Waals surface area contributed by atoms with Gasteiger partial charge in [-0.1, -0.05) is 140 Å². The number of aromatic nitrogens is 2. The van der Waals surface area contributed by atoms with Gasteiger partial charge >= 0.3 is 0 Å². The molecule has 0 N–H and O–H groups in total. The Morgan fingerprint density at radius 2 is 1.13 bits per heavy atom. The van der Waals surface area contributed by atoms with Crippen molar-refractivity contribution in [2.45, 2.75) is 0 Å². The maximum atomic E-state index is 6.35. The molecule has 10 aromatic rings. The summed E-state index contributed by atoms with van der Waals surface area (Å²) in [5, 5.41) is 4.72. The van der Waals surface area contributed by atoms with Gasteiger partial charge < -0.3 is 8.98 Å². The first-order chi connectivity index (χ1) is 25.8. The van der Waals surface area contributed by atoms with Crippen LogP contribution in [0.3, 0.4) is 0 Å². The van der Waals surface area contributed by atoms with Crippen LogP contribution in [0.2, 0.25) is 0 Å². The van der Waals surface area contributed by atoms with Gasteiger partial charge in [0.1, 0.15) is 11.2 Å². The Labute approximate surface area is 301 Å². The van der Waals surface area contributed by atoms with Crippen LogP contribution in [-0.4, -0.2) is 9.55 Å². The van der Waals surface area contributed by atoms with Crippen molar-refractivity contribution in [1.82, 2.24) is 9.55 Å². The molecule has 0 saturated heterocycles. The van der Waals surface area contributed by atoms with E-state index in [2.05, 4.69) is 181 Å². The summed E-state index contributed by atoms with van der Waals surface area (Å²) >= 11 is 0. The van der Waals surface area contributed by atoms with Gasteiger partial charge in [0, 0.05) is 38.4 Å². The van der Waals surface area contributed by atoms with Crippen molar-refractivity contribution < 1.29 is 4.42 Å². The van der Waals surface area contributed by atoms with E-state index in [1.165, 1.54) is 27.4 Å². The number of benzene rings is 7. The fourth-order valence-electron chi connectivity index (χ4n) is 7.51. The molecule has 3 nitrogen and oxygen atoms in total. The van der Waals surface area contributed by atoms with E-state index in [-0.39, 0.29) is 0 Å². The number of hydrogen-bond acceptors (Lipinski definition) is 2. The summed E-state index contributed by atoms with van der Waals surface area (Å²) in [6.45, 7) is 0. The van der Waals surface area contributed by atoms with Crippen molar-refractivity contribution >= 4 is 55.9 Å². The quantitative estimate of drug-likeness (QED) is 0.177. The first kappa shape index (κ1) is 29.9. The smallest absolute Gasteiger partial charge is 0.143 e. The van der Waals surface area contributed by atoms with Crippen LogP contribution in [0.15, 0.2) is 186 Å². The van der Waals surface area contributed by atoms with Gasteiger partial charge in [-0.3, -0.25) is 0 Å². The standard InChI is InChI=1S/C49H32N2O/c1-3-12-34(13-4-1)37-31-38(50-45(32-37)36-14-5-2-6-15-36)26-22-33-23-29-47-44(30-33)41-16-7-9-20-46(41)51(47)39-27-24-35(25-28-39)40-18-11-19-43-42-17-8-10-21-48(42)52-49(40)43/h1-32H. The van der Waals surface area contributed by atoms with Gasteiger partial charge in [-0.25, -0.2) is 4.98 Å². The highest BCUT2D eigenvalue weighted by Crippen LogP contribution is 2.37. The number of furan rings is 1. The average Bonchev–Trinajstić information content (AvgIpc) is 3.76. The van der Waals surface area contributed by atoms with Crippen LogP contribution >= 0.6 is 0 Å². The molecule has 7 aromatic carbocycles. The number of pyridine rings is 1. The molecular weight excluding hydrogens is 633 g/mol. The summed E-state index contributed by atoms with van der Waals surface area (Å²) in [5.41, 5.74) is 13.9. The third-order valence-electron chi connectivity index (χ3n) is 10.0. The lowest BCUT2D eigenvalue weighted by atomic mass is 10.0. The van der Waals surface area contributed by atoms with Crippen molar-refractivity contribution in [2.24, 2.45) is 0 Å². The highest BCUT2D eigenvalue weighted by molar-refractivity contribution is 6.11. The van der Waals surface area contributed by atoms with Crippen molar-refractivity contribution in [2.75, 3.05) is 0 Å². The fraction of sp³-hybridized carbons (Fsp3) is 0. The molecule has 0 aliphatic heterocycles. The molecule has 0 fully saturated rings. The van der Waals surface area contributed by atoms with Gasteiger partial charge in [-0.2, -0.15) is 0 Å². The van der Waals surface area contributed by atoms with Crippen molar-refractivity contribution in [1.29, 1.82) is 0 Å². The van der Waals surface area contributed by atoms with E-state index in [9.17, 15) is 0 Å². The molecule has 0 saturated carbocycles. The summed E-state index contributed by atoms with van der Waals surface area (Å²) in [4.78, 5) is 5.06. The first-order valence-corrected chi connectivity index (χ1v) is 17.6. The maximum absolute atomic E-state index is 6.35. The van der Waals surface area contributed by atoms with Crippen LogP contribution < -0.4 is 0 Å². The predicted molar refractivity (Wildman–Crippen MR) is 218 cm³/mol. The molecule has 0 aliphatic carbocycles. The van der Waals surface area contributed by atoms with Crippen molar-refractivity contribution in [3.8, 4) is 39.2 Å². The van der Waals surface area contributed by atoms with E-state index in [1.807, 2.05) is 18.2 Å². The topological polar surface area (TPSA) is 31.0 Å². The zero-order chi connectivity index (χ0) is 34.4. The molecular formula is C49H32N2O. The van der Waals surface area contributed by atoms with Gasteiger partial charge in [-0.05, 0) is 76.9 Å². The monoisotopic (exact) mass is 664 g/mol. The summed E-state index contributed by atoms with van der Waals surface area (Å²) in [7, 11) is 0. The Morgan fingerprint density at radius 1 is 0.442 bits per heavy atom. The Bertz CT molecular complexity index is 2870.